The summed E-state index contributed by atoms with van der Waals surface area (Å²) in [5, 5.41) is 18.8. The lowest BCUT2D eigenvalue weighted by Crippen LogP contribution is -2.27. The molecule has 25 heavy (non-hydrogen) atoms. The van der Waals surface area contributed by atoms with Gasteiger partial charge in [-0.3, -0.25) is 9.69 Å². The summed E-state index contributed by atoms with van der Waals surface area (Å²) in [5.74, 6) is -1.96. The van der Waals surface area contributed by atoms with Gasteiger partial charge in [-0.15, -0.1) is 0 Å². The predicted molar refractivity (Wildman–Crippen MR) is 102 cm³/mol. The van der Waals surface area contributed by atoms with E-state index in [1.54, 1.807) is 6.08 Å². The summed E-state index contributed by atoms with van der Waals surface area (Å²) in [6.45, 7) is 1.97. The van der Waals surface area contributed by atoms with Crippen molar-refractivity contribution in [3.8, 4) is 5.75 Å². The molecule has 7 heteroatoms. The van der Waals surface area contributed by atoms with Gasteiger partial charge in [-0.1, -0.05) is 53.8 Å². The third-order valence-corrected chi connectivity index (χ3v) is 4.91. The van der Waals surface area contributed by atoms with Crippen LogP contribution in [0, 0.1) is 6.92 Å². The monoisotopic (exact) mass is 371 g/mol. The fraction of sp³-hybridized carbons (Fsp3) is 0.0556. The fourth-order valence-electron chi connectivity index (χ4n) is 2.44. The summed E-state index contributed by atoms with van der Waals surface area (Å²) in [6, 6.07) is 11.6. The molecule has 1 amide bonds. The molecule has 2 aromatic rings. The van der Waals surface area contributed by atoms with Crippen LogP contribution in [0.2, 0.25) is 0 Å². The van der Waals surface area contributed by atoms with Crippen molar-refractivity contribution < 1.29 is 19.8 Å². The normalized spacial score (nSPS) is 15.9. The van der Waals surface area contributed by atoms with Gasteiger partial charge in [0.05, 0.1) is 10.6 Å². The van der Waals surface area contributed by atoms with E-state index in [2.05, 4.69) is 0 Å². The van der Waals surface area contributed by atoms with Crippen molar-refractivity contribution in [3.05, 3.63) is 64.1 Å². The summed E-state index contributed by atoms with van der Waals surface area (Å²) in [7, 11) is 0. The quantitative estimate of drug-likeness (QED) is 0.631. The molecule has 3 rings (SSSR count). The summed E-state index contributed by atoms with van der Waals surface area (Å²) >= 11 is 6.44. The van der Waals surface area contributed by atoms with Crippen LogP contribution in [-0.2, 0) is 4.79 Å². The molecule has 5 nitrogen and oxygen atoms in total. The number of nitrogens with zero attached hydrogens (tertiary/aromatic N) is 1. The lowest BCUT2D eigenvalue weighted by molar-refractivity contribution is -0.113. The van der Waals surface area contributed by atoms with Gasteiger partial charge >= 0.3 is 5.97 Å². The van der Waals surface area contributed by atoms with Crippen molar-refractivity contribution in [1.82, 2.24) is 0 Å². The third kappa shape index (κ3) is 3.42. The van der Waals surface area contributed by atoms with Crippen LogP contribution in [0.5, 0.6) is 5.75 Å². The Bertz CT molecular complexity index is 936. The first-order chi connectivity index (χ1) is 11.9. The number of aromatic carboxylic acids is 1. The number of carboxylic acid groups (broad SMARTS) is 1. The Kier molecular flexibility index (Phi) is 4.61. The largest absolute Gasteiger partial charge is 0.507 e. The van der Waals surface area contributed by atoms with Gasteiger partial charge in [0.25, 0.3) is 5.91 Å². The van der Waals surface area contributed by atoms with E-state index in [9.17, 15) is 14.7 Å². The van der Waals surface area contributed by atoms with Gasteiger partial charge < -0.3 is 10.2 Å². The zero-order valence-corrected chi connectivity index (χ0v) is 14.7. The second-order valence-corrected chi connectivity index (χ2v) is 7.11. The van der Waals surface area contributed by atoms with Crippen LogP contribution in [0.3, 0.4) is 0 Å². The van der Waals surface area contributed by atoms with E-state index in [4.69, 9.17) is 17.3 Å². The number of amides is 1. The molecule has 1 aliphatic heterocycles. The minimum atomic E-state index is -1.24. The Morgan fingerprint density at radius 2 is 2.00 bits per heavy atom. The molecule has 0 saturated carbocycles. The SMILES string of the molecule is Cc1cccc(C=C2SC(=S)N(c3ccc(C(=O)O)c(O)c3)C2=O)c1. The Morgan fingerprint density at radius 3 is 2.64 bits per heavy atom. The van der Waals surface area contributed by atoms with E-state index in [-0.39, 0.29) is 11.5 Å². The summed E-state index contributed by atoms with van der Waals surface area (Å²) < 4.78 is 0.325. The number of rotatable bonds is 3. The van der Waals surface area contributed by atoms with Crippen molar-refractivity contribution in [2.45, 2.75) is 6.92 Å². The number of anilines is 1. The second-order valence-electron chi connectivity index (χ2n) is 5.44. The van der Waals surface area contributed by atoms with Crippen LogP contribution in [0.15, 0.2) is 47.4 Å². The van der Waals surface area contributed by atoms with Crippen molar-refractivity contribution >= 4 is 51.9 Å². The molecule has 1 aliphatic rings. The van der Waals surface area contributed by atoms with Crippen LogP contribution in [0.1, 0.15) is 21.5 Å². The molecule has 0 atom stereocenters. The topological polar surface area (TPSA) is 77.8 Å². The fourth-order valence-corrected chi connectivity index (χ4v) is 3.74. The number of thiocarbonyl (C=S) groups is 1. The highest BCUT2D eigenvalue weighted by Gasteiger charge is 2.33. The number of carboxylic acids is 1. The Labute approximate surface area is 153 Å². The summed E-state index contributed by atoms with van der Waals surface area (Å²) in [5.41, 5.74) is 2.07. The van der Waals surface area contributed by atoms with Gasteiger partial charge in [-0.05, 0) is 30.7 Å². The highest BCUT2D eigenvalue weighted by atomic mass is 32.2. The minimum Gasteiger partial charge on any atom is -0.507 e. The molecule has 1 fully saturated rings. The van der Waals surface area contributed by atoms with Gasteiger partial charge in [0.2, 0.25) is 0 Å². The predicted octanol–water partition coefficient (Wildman–Crippen LogP) is 3.80. The van der Waals surface area contributed by atoms with Crippen molar-refractivity contribution in [1.29, 1.82) is 0 Å². The number of carbonyl (C=O) groups is 2. The molecular formula is C18H13NO4S2. The van der Waals surface area contributed by atoms with Crippen molar-refractivity contribution in [3.63, 3.8) is 0 Å². The highest BCUT2D eigenvalue weighted by molar-refractivity contribution is 8.27. The molecule has 0 radical (unpaired) electrons. The van der Waals surface area contributed by atoms with Gasteiger partial charge in [-0.2, -0.15) is 0 Å². The molecule has 0 aliphatic carbocycles. The number of benzene rings is 2. The molecular weight excluding hydrogens is 358 g/mol. The summed E-state index contributed by atoms with van der Waals surface area (Å²) in [4.78, 5) is 25.4. The molecule has 0 spiro atoms. The zero-order valence-electron chi connectivity index (χ0n) is 13.1. The van der Waals surface area contributed by atoms with Crippen molar-refractivity contribution in [2.75, 3.05) is 4.90 Å². The van der Waals surface area contributed by atoms with Gasteiger partial charge in [0.15, 0.2) is 4.32 Å². The van der Waals surface area contributed by atoms with Gasteiger partial charge in [-0.25, -0.2) is 4.79 Å². The van der Waals surface area contributed by atoms with E-state index >= 15 is 0 Å². The first-order valence-electron chi connectivity index (χ1n) is 7.28. The highest BCUT2D eigenvalue weighted by Crippen LogP contribution is 2.37. The minimum absolute atomic E-state index is 0.232. The number of thioether (sulfide) groups is 1. The molecule has 2 aromatic carbocycles. The molecule has 0 bridgehead atoms. The Balaban J connectivity index is 1.94. The van der Waals surface area contributed by atoms with Crippen molar-refractivity contribution in [2.24, 2.45) is 0 Å². The van der Waals surface area contributed by atoms with E-state index in [0.29, 0.717) is 14.9 Å². The smallest absolute Gasteiger partial charge is 0.339 e. The Morgan fingerprint density at radius 1 is 1.24 bits per heavy atom. The zero-order chi connectivity index (χ0) is 18.1. The van der Waals surface area contributed by atoms with Crippen LogP contribution < -0.4 is 4.90 Å². The van der Waals surface area contributed by atoms with E-state index in [1.807, 2.05) is 31.2 Å². The standard InChI is InChI=1S/C18H13NO4S2/c1-10-3-2-4-11(7-10)8-15-16(21)19(18(24)25-15)12-5-6-13(17(22)23)14(20)9-12/h2-9,20H,1H3,(H,22,23). The lowest BCUT2D eigenvalue weighted by atomic mass is 10.1. The number of carbonyl (C=O) groups excluding carboxylic acids is 1. The lowest BCUT2D eigenvalue weighted by Gasteiger charge is -2.15. The average Bonchev–Trinajstić information content (AvgIpc) is 2.81. The number of aromatic hydroxyl groups is 1. The van der Waals surface area contributed by atoms with Crippen LogP contribution >= 0.6 is 24.0 Å². The number of hydrogen-bond acceptors (Lipinski definition) is 5. The van der Waals surface area contributed by atoms with Gasteiger partial charge in [0.1, 0.15) is 11.3 Å². The third-order valence-electron chi connectivity index (χ3n) is 3.60. The maximum atomic E-state index is 12.7. The molecule has 0 aromatic heterocycles. The second kappa shape index (κ2) is 6.70. The summed E-state index contributed by atoms with van der Waals surface area (Å²) in [6.07, 6.45) is 1.76. The first-order valence-corrected chi connectivity index (χ1v) is 8.50. The molecule has 1 heterocycles. The first kappa shape index (κ1) is 17.2. The van der Waals surface area contributed by atoms with E-state index in [1.165, 1.54) is 23.1 Å². The van der Waals surface area contributed by atoms with Crippen LogP contribution in [0.25, 0.3) is 6.08 Å². The maximum Gasteiger partial charge on any atom is 0.339 e. The number of phenols is 1. The molecule has 126 valence electrons. The molecule has 0 unspecified atom stereocenters. The Hall–Kier alpha value is -2.64. The van der Waals surface area contributed by atoms with E-state index < -0.39 is 11.7 Å². The molecule has 2 N–H and O–H groups in total. The number of aryl methyl sites for hydroxylation is 1. The van der Waals surface area contributed by atoms with Crippen LogP contribution in [-0.4, -0.2) is 26.4 Å². The van der Waals surface area contributed by atoms with E-state index in [0.717, 1.165) is 22.9 Å². The van der Waals surface area contributed by atoms with Crippen LogP contribution in [0.4, 0.5) is 5.69 Å². The average molecular weight is 371 g/mol. The molecule has 1 saturated heterocycles. The maximum absolute atomic E-state index is 12.7. The van der Waals surface area contributed by atoms with Gasteiger partial charge in [0, 0.05) is 6.07 Å². The number of hydrogen-bond donors (Lipinski definition) is 2.